The molecule has 0 fully saturated rings. The van der Waals surface area contributed by atoms with E-state index in [1.165, 1.54) is 36.1 Å². The fourth-order valence-corrected chi connectivity index (χ4v) is 2.91. The van der Waals surface area contributed by atoms with Crippen molar-refractivity contribution in [1.29, 1.82) is 0 Å². The van der Waals surface area contributed by atoms with Crippen molar-refractivity contribution in [3.8, 4) is 0 Å². The summed E-state index contributed by atoms with van der Waals surface area (Å²) < 4.78 is 0. The van der Waals surface area contributed by atoms with Crippen LogP contribution < -0.4 is 5.32 Å². The third kappa shape index (κ3) is 2.61. The van der Waals surface area contributed by atoms with Gasteiger partial charge in [0.05, 0.1) is 0 Å². The highest BCUT2D eigenvalue weighted by Crippen LogP contribution is 2.32. The van der Waals surface area contributed by atoms with Gasteiger partial charge in [-0.15, -0.1) is 11.8 Å². The van der Waals surface area contributed by atoms with Crippen LogP contribution in [0.25, 0.3) is 0 Å². The topological polar surface area (TPSA) is 12.0 Å². The molecule has 0 bridgehead atoms. The zero-order valence-corrected chi connectivity index (χ0v) is 11.1. The van der Waals surface area contributed by atoms with Crippen LogP contribution in [0.2, 0.25) is 0 Å². The molecule has 0 amide bonds. The molecule has 0 heterocycles. The molecule has 1 aromatic carbocycles. The Morgan fingerprint density at radius 2 is 2.31 bits per heavy atom. The first-order valence-electron chi connectivity index (χ1n) is 6.25. The Balaban J connectivity index is 2.18. The molecule has 1 unspecified atom stereocenters. The van der Waals surface area contributed by atoms with E-state index in [-0.39, 0.29) is 0 Å². The van der Waals surface area contributed by atoms with E-state index in [4.69, 9.17) is 0 Å². The summed E-state index contributed by atoms with van der Waals surface area (Å²) in [6, 6.07) is 7.56. The van der Waals surface area contributed by atoms with Crippen molar-refractivity contribution >= 4 is 11.8 Å². The van der Waals surface area contributed by atoms with E-state index < -0.39 is 0 Å². The summed E-state index contributed by atoms with van der Waals surface area (Å²) in [6.07, 6.45) is 7.25. The molecule has 2 heteroatoms. The third-order valence-corrected chi connectivity index (χ3v) is 4.03. The normalized spacial score (nSPS) is 19.5. The van der Waals surface area contributed by atoms with Crippen molar-refractivity contribution in [2.75, 3.05) is 12.8 Å². The molecule has 1 aromatic rings. The van der Waals surface area contributed by atoms with Gasteiger partial charge >= 0.3 is 0 Å². The summed E-state index contributed by atoms with van der Waals surface area (Å²) in [6.45, 7) is 3.36. The number of benzene rings is 1. The number of rotatable bonds is 4. The van der Waals surface area contributed by atoms with Crippen molar-refractivity contribution in [3.63, 3.8) is 0 Å². The van der Waals surface area contributed by atoms with Crippen molar-refractivity contribution in [1.82, 2.24) is 5.32 Å². The average Bonchev–Trinajstić information content (AvgIpc) is 2.35. The molecule has 1 aliphatic carbocycles. The molecular weight excluding hydrogens is 214 g/mol. The molecule has 1 aliphatic rings. The molecule has 2 rings (SSSR count). The largest absolute Gasteiger partial charge is 0.310 e. The van der Waals surface area contributed by atoms with Crippen LogP contribution in [0.5, 0.6) is 0 Å². The number of thioether (sulfide) groups is 1. The molecule has 16 heavy (non-hydrogen) atoms. The Kier molecular flexibility index (Phi) is 4.30. The van der Waals surface area contributed by atoms with Gasteiger partial charge < -0.3 is 5.32 Å². The van der Waals surface area contributed by atoms with Gasteiger partial charge in [-0.05, 0) is 61.7 Å². The maximum Gasteiger partial charge on any atom is 0.0323 e. The number of hydrogen-bond donors (Lipinski definition) is 1. The number of aryl methyl sites for hydroxylation is 1. The van der Waals surface area contributed by atoms with Crippen LogP contribution in [0.4, 0.5) is 0 Å². The van der Waals surface area contributed by atoms with Crippen molar-refractivity contribution < 1.29 is 0 Å². The minimum absolute atomic E-state index is 0.597. The van der Waals surface area contributed by atoms with Crippen LogP contribution in [0.3, 0.4) is 0 Å². The van der Waals surface area contributed by atoms with E-state index in [9.17, 15) is 0 Å². The second-order valence-corrected chi connectivity index (χ2v) is 5.34. The van der Waals surface area contributed by atoms with Crippen LogP contribution in [0.1, 0.15) is 43.4 Å². The quantitative estimate of drug-likeness (QED) is 0.797. The molecule has 1 nitrogen and oxygen atoms in total. The monoisotopic (exact) mass is 235 g/mol. The maximum absolute atomic E-state index is 3.66. The van der Waals surface area contributed by atoms with Gasteiger partial charge in [0.2, 0.25) is 0 Å². The highest BCUT2D eigenvalue weighted by Gasteiger charge is 2.19. The van der Waals surface area contributed by atoms with Crippen LogP contribution in [0.15, 0.2) is 23.1 Å². The van der Waals surface area contributed by atoms with E-state index in [2.05, 4.69) is 36.7 Å². The highest BCUT2D eigenvalue weighted by molar-refractivity contribution is 7.98. The summed E-state index contributed by atoms with van der Waals surface area (Å²) in [7, 11) is 0. The summed E-state index contributed by atoms with van der Waals surface area (Å²) in [4.78, 5) is 1.40. The Bertz CT molecular complexity index is 349. The van der Waals surface area contributed by atoms with Gasteiger partial charge in [-0.1, -0.05) is 13.0 Å². The first kappa shape index (κ1) is 12.0. The summed E-state index contributed by atoms with van der Waals surface area (Å²) in [5.41, 5.74) is 3.10. The molecule has 1 N–H and O–H groups in total. The minimum Gasteiger partial charge on any atom is -0.310 e. The van der Waals surface area contributed by atoms with Crippen LogP contribution >= 0.6 is 11.8 Å². The van der Waals surface area contributed by atoms with Gasteiger partial charge in [0.1, 0.15) is 0 Å². The summed E-state index contributed by atoms with van der Waals surface area (Å²) in [5, 5.41) is 3.66. The highest BCUT2D eigenvalue weighted by atomic mass is 32.2. The molecule has 1 atom stereocenters. The van der Waals surface area contributed by atoms with Gasteiger partial charge in [0, 0.05) is 10.9 Å². The van der Waals surface area contributed by atoms with Crippen LogP contribution in [0, 0.1) is 0 Å². The SMILES string of the molecule is CCCNC1CCCc2cc(SC)ccc21. The zero-order valence-electron chi connectivity index (χ0n) is 10.3. The number of nitrogens with one attached hydrogen (secondary N) is 1. The Morgan fingerprint density at radius 3 is 3.06 bits per heavy atom. The molecule has 0 saturated heterocycles. The Labute approximate surface area is 103 Å². The summed E-state index contributed by atoms with van der Waals surface area (Å²) >= 11 is 1.84. The first-order chi connectivity index (χ1) is 7.85. The average molecular weight is 235 g/mol. The van der Waals surface area contributed by atoms with Gasteiger partial charge in [-0.3, -0.25) is 0 Å². The molecule has 0 spiro atoms. The Morgan fingerprint density at radius 1 is 1.44 bits per heavy atom. The minimum atomic E-state index is 0.597. The van der Waals surface area contributed by atoms with Gasteiger partial charge in [-0.25, -0.2) is 0 Å². The lowest BCUT2D eigenvalue weighted by Gasteiger charge is -2.26. The fourth-order valence-electron chi connectivity index (χ4n) is 2.45. The standard InChI is InChI=1S/C14H21NS/c1-3-9-15-14-6-4-5-11-10-12(16-2)7-8-13(11)14/h7-8,10,14-15H,3-6,9H2,1-2H3. The van der Waals surface area contributed by atoms with E-state index in [0.29, 0.717) is 6.04 Å². The van der Waals surface area contributed by atoms with E-state index >= 15 is 0 Å². The lowest BCUT2D eigenvalue weighted by Crippen LogP contribution is -2.25. The van der Waals surface area contributed by atoms with E-state index in [0.717, 1.165) is 6.54 Å². The van der Waals surface area contributed by atoms with Crippen LogP contribution in [-0.4, -0.2) is 12.8 Å². The van der Waals surface area contributed by atoms with Crippen molar-refractivity contribution in [3.05, 3.63) is 29.3 Å². The molecule has 0 aromatic heterocycles. The van der Waals surface area contributed by atoms with Gasteiger partial charge in [0.25, 0.3) is 0 Å². The molecule has 88 valence electrons. The molecular formula is C14H21NS. The predicted molar refractivity (Wildman–Crippen MR) is 72.2 cm³/mol. The van der Waals surface area contributed by atoms with Gasteiger partial charge in [-0.2, -0.15) is 0 Å². The zero-order chi connectivity index (χ0) is 11.4. The fraction of sp³-hybridized carbons (Fsp3) is 0.571. The first-order valence-corrected chi connectivity index (χ1v) is 7.47. The van der Waals surface area contributed by atoms with Crippen LogP contribution in [-0.2, 0) is 6.42 Å². The molecule has 0 radical (unpaired) electrons. The lowest BCUT2D eigenvalue weighted by molar-refractivity contribution is 0.460. The lowest BCUT2D eigenvalue weighted by atomic mass is 9.87. The smallest absolute Gasteiger partial charge is 0.0323 e. The number of fused-ring (bicyclic) bond motifs is 1. The van der Waals surface area contributed by atoms with Crippen molar-refractivity contribution in [2.24, 2.45) is 0 Å². The second kappa shape index (κ2) is 5.74. The maximum atomic E-state index is 3.66. The molecule has 0 saturated carbocycles. The van der Waals surface area contributed by atoms with E-state index in [1.54, 1.807) is 5.56 Å². The third-order valence-electron chi connectivity index (χ3n) is 3.31. The predicted octanol–water partition coefficient (Wildman–Crippen LogP) is 3.79. The van der Waals surface area contributed by atoms with E-state index in [1.807, 2.05) is 11.8 Å². The molecule has 0 aliphatic heterocycles. The van der Waals surface area contributed by atoms with Gasteiger partial charge in [0.15, 0.2) is 0 Å². The number of hydrogen-bond acceptors (Lipinski definition) is 2. The van der Waals surface area contributed by atoms with Crippen molar-refractivity contribution in [2.45, 2.75) is 43.5 Å². The second-order valence-electron chi connectivity index (χ2n) is 4.46. The Hall–Kier alpha value is -0.470. The summed E-state index contributed by atoms with van der Waals surface area (Å²) in [5.74, 6) is 0.